The zero-order valence-corrected chi connectivity index (χ0v) is 11.4. The van der Waals surface area contributed by atoms with E-state index in [1.54, 1.807) is 6.08 Å². The normalized spacial score (nSPS) is 40.9. The van der Waals surface area contributed by atoms with Crippen LogP contribution in [0.4, 0.5) is 0 Å². The number of carbonyl (C=O) groups excluding carboxylic acids is 1. The Bertz CT molecular complexity index is 432. The van der Waals surface area contributed by atoms with Gasteiger partial charge in [-0.3, -0.25) is 0 Å². The molecule has 0 amide bonds. The van der Waals surface area contributed by atoms with Crippen molar-refractivity contribution in [1.82, 2.24) is 0 Å². The van der Waals surface area contributed by atoms with Crippen LogP contribution in [-0.4, -0.2) is 42.8 Å². The summed E-state index contributed by atoms with van der Waals surface area (Å²) in [5.41, 5.74) is 0.296. The van der Waals surface area contributed by atoms with Gasteiger partial charge in [0.05, 0.1) is 18.8 Å². The quantitative estimate of drug-likeness (QED) is 0.341. The molecule has 3 fully saturated rings. The summed E-state index contributed by atoms with van der Waals surface area (Å²) in [5, 5.41) is 9.79. The Morgan fingerprint density at radius 2 is 2.15 bits per heavy atom. The Morgan fingerprint density at radius 3 is 2.90 bits per heavy atom. The molecule has 20 heavy (non-hydrogen) atoms. The van der Waals surface area contributed by atoms with Gasteiger partial charge in [0, 0.05) is 5.92 Å². The summed E-state index contributed by atoms with van der Waals surface area (Å²) in [6, 6.07) is 0. The summed E-state index contributed by atoms with van der Waals surface area (Å²) < 4.78 is 16.3. The molecule has 0 aromatic rings. The third kappa shape index (κ3) is 2.20. The maximum Gasteiger partial charge on any atom is 0.336 e. The number of esters is 1. The van der Waals surface area contributed by atoms with Crippen LogP contribution in [0.5, 0.6) is 0 Å². The number of aliphatic hydroxyl groups is 1. The van der Waals surface area contributed by atoms with E-state index in [-0.39, 0.29) is 24.7 Å². The highest BCUT2D eigenvalue weighted by molar-refractivity contribution is 5.88. The first kappa shape index (κ1) is 13.8. The lowest BCUT2D eigenvalue weighted by atomic mass is 9.87. The fraction of sp³-hybridized carbons (Fsp3) is 0.667. The number of carbonyl (C=O) groups is 1. The number of fused-ring (bicyclic) bond motifs is 1. The minimum absolute atomic E-state index is 0.141. The molecule has 1 saturated heterocycles. The molecule has 2 aliphatic carbocycles. The predicted molar refractivity (Wildman–Crippen MR) is 70.6 cm³/mol. The van der Waals surface area contributed by atoms with Crippen LogP contribution in [0.25, 0.3) is 0 Å². The van der Waals surface area contributed by atoms with Crippen molar-refractivity contribution >= 4 is 5.97 Å². The van der Waals surface area contributed by atoms with Crippen molar-refractivity contribution in [3.8, 4) is 0 Å². The summed E-state index contributed by atoms with van der Waals surface area (Å²) in [5.74, 6) is 0.420. The molecule has 5 heteroatoms. The van der Waals surface area contributed by atoms with Crippen molar-refractivity contribution in [3.63, 3.8) is 0 Å². The van der Waals surface area contributed by atoms with Gasteiger partial charge < -0.3 is 19.3 Å². The minimum atomic E-state index is -0.696. The SMILES string of the molecule is C=CCOCC(=C)C(=O)OC1C2CC3C(O)OC1C3C2. The molecule has 6 atom stereocenters. The predicted octanol–water partition coefficient (Wildman–Crippen LogP) is 1.03. The standard InChI is InChI=1S/C15H20O5/c1-3-4-18-7-8(2)14(16)19-12-9-5-10-11(6-9)15(17)20-13(10)12/h3,9-13,15,17H,1-2,4-7H2. The highest BCUT2D eigenvalue weighted by Gasteiger charge is 2.62. The average Bonchev–Trinajstić information content (AvgIpc) is 3.03. The van der Waals surface area contributed by atoms with E-state index in [4.69, 9.17) is 14.2 Å². The molecule has 0 aromatic carbocycles. The molecule has 2 saturated carbocycles. The Balaban J connectivity index is 1.55. The first-order valence-corrected chi connectivity index (χ1v) is 7.02. The molecule has 3 rings (SSSR count). The lowest BCUT2D eigenvalue weighted by Gasteiger charge is -2.26. The Kier molecular flexibility index (Phi) is 3.67. The van der Waals surface area contributed by atoms with E-state index in [0.717, 1.165) is 12.8 Å². The second kappa shape index (κ2) is 5.31. The van der Waals surface area contributed by atoms with E-state index >= 15 is 0 Å². The van der Waals surface area contributed by atoms with Gasteiger partial charge in [0.15, 0.2) is 6.29 Å². The zero-order valence-electron chi connectivity index (χ0n) is 11.4. The maximum absolute atomic E-state index is 12.0. The molecule has 0 spiro atoms. The zero-order chi connectivity index (χ0) is 14.3. The van der Waals surface area contributed by atoms with Gasteiger partial charge in [-0.25, -0.2) is 4.79 Å². The summed E-state index contributed by atoms with van der Waals surface area (Å²) in [7, 11) is 0. The molecule has 3 aliphatic rings. The van der Waals surface area contributed by atoms with Gasteiger partial charge in [0.2, 0.25) is 0 Å². The van der Waals surface area contributed by atoms with Gasteiger partial charge in [-0.05, 0) is 24.7 Å². The number of ether oxygens (including phenoxy) is 3. The minimum Gasteiger partial charge on any atom is -0.456 e. The van der Waals surface area contributed by atoms with Crippen LogP contribution >= 0.6 is 0 Å². The molecule has 1 heterocycles. The number of hydrogen-bond acceptors (Lipinski definition) is 5. The van der Waals surface area contributed by atoms with Crippen LogP contribution in [0.2, 0.25) is 0 Å². The van der Waals surface area contributed by atoms with Gasteiger partial charge in [-0.15, -0.1) is 6.58 Å². The fourth-order valence-corrected chi connectivity index (χ4v) is 3.77. The van der Waals surface area contributed by atoms with E-state index < -0.39 is 12.3 Å². The van der Waals surface area contributed by atoms with Gasteiger partial charge in [-0.1, -0.05) is 12.7 Å². The first-order valence-electron chi connectivity index (χ1n) is 7.02. The topological polar surface area (TPSA) is 65.0 Å². The molecular weight excluding hydrogens is 260 g/mol. The maximum atomic E-state index is 12.0. The lowest BCUT2D eigenvalue weighted by molar-refractivity contribution is -0.161. The Hall–Kier alpha value is -1.17. The van der Waals surface area contributed by atoms with E-state index in [9.17, 15) is 9.90 Å². The van der Waals surface area contributed by atoms with Gasteiger partial charge >= 0.3 is 5.97 Å². The van der Waals surface area contributed by atoms with E-state index in [0.29, 0.717) is 24.0 Å². The molecular formula is C15H20O5. The van der Waals surface area contributed by atoms with E-state index in [1.807, 2.05) is 0 Å². The first-order chi connectivity index (χ1) is 9.61. The van der Waals surface area contributed by atoms with Crippen molar-refractivity contribution < 1.29 is 24.1 Å². The third-order valence-corrected chi connectivity index (χ3v) is 4.62. The largest absolute Gasteiger partial charge is 0.456 e. The molecule has 0 aromatic heterocycles. The second-order valence-corrected chi connectivity index (χ2v) is 5.83. The molecule has 110 valence electrons. The number of hydrogen-bond donors (Lipinski definition) is 1. The van der Waals surface area contributed by atoms with Crippen molar-refractivity contribution in [2.45, 2.75) is 31.3 Å². The lowest BCUT2D eigenvalue weighted by Crippen LogP contribution is -2.36. The monoisotopic (exact) mass is 280 g/mol. The highest BCUT2D eigenvalue weighted by atomic mass is 16.6. The summed E-state index contributed by atoms with van der Waals surface area (Å²) in [4.78, 5) is 12.0. The van der Waals surface area contributed by atoms with Gasteiger partial charge in [0.1, 0.15) is 12.2 Å². The van der Waals surface area contributed by atoms with E-state index in [1.165, 1.54) is 0 Å². The van der Waals surface area contributed by atoms with Crippen LogP contribution < -0.4 is 0 Å². The van der Waals surface area contributed by atoms with Crippen molar-refractivity contribution in [1.29, 1.82) is 0 Å². The molecule has 0 radical (unpaired) electrons. The molecule has 1 aliphatic heterocycles. The number of rotatable bonds is 6. The van der Waals surface area contributed by atoms with E-state index in [2.05, 4.69) is 13.2 Å². The molecule has 2 bridgehead atoms. The van der Waals surface area contributed by atoms with Gasteiger partial charge in [0.25, 0.3) is 0 Å². The highest BCUT2D eigenvalue weighted by Crippen LogP contribution is 2.56. The van der Waals surface area contributed by atoms with Crippen molar-refractivity contribution in [3.05, 3.63) is 24.8 Å². The molecule has 6 unspecified atom stereocenters. The number of aliphatic hydroxyl groups excluding tert-OH is 1. The summed E-state index contributed by atoms with van der Waals surface area (Å²) >= 11 is 0. The van der Waals surface area contributed by atoms with Crippen molar-refractivity contribution in [2.24, 2.45) is 17.8 Å². The third-order valence-electron chi connectivity index (χ3n) is 4.62. The second-order valence-electron chi connectivity index (χ2n) is 5.83. The summed E-state index contributed by atoms with van der Waals surface area (Å²) in [6.45, 7) is 7.73. The van der Waals surface area contributed by atoms with Gasteiger partial charge in [-0.2, -0.15) is 0 Å². The van der Waals surface area contributed by atoms with Crippen LogP contribution in [0.1, 0.15) is 12.8 Å². The van der Waals surface area contributed by atoms with Crippen LogP contribution in [0, 0.1) is 17.8 Å². The Labute approximate surface area is 118 Å². The fourth-order valence-electron chi connectivity index (χ4n) is 3.77. The smallest absolute Gasteiger partial charge is 0.336 e. The molecule has 5 nitrogen and oxygen atoms in total. The van der Waals surface area contributed by atoms with Crippen LogP contribution in [0.3, 0.4) is 0 Å². The molecule has 1 N–H and O–H groups in total. The summed E-state index contributed by atoms with van der Waals surface area (Å²) in [6.07, 6.45) is 2.36. The van der Waals surface area contributed by atoms with Crippen molar-refractivity contribution in [2.75, 3.05) is 13.2 Å². The Morgan fingerprint density at radius 1 is 1.40 bits per heavy atom. The van der Waals surface area contributed by atoms with Crippen LogP contribution in [-0.2, 0) is 19.0 Å². The van der Waals surface area contributed by atoms with Crippen LogP contribution in [0.15, 0.2) is 24.8 Å². The average molecular weight is 280 g/mol.